The Kier molecular flexibility index (Phi) is 5.35. The summed E-state index contributed by atoms with van der Waals surface area (Å²) >= 11 is 0. The van der Waals surface area contributed by atoms with Crippen LogP contribution in [0.3, 0.4) is 0 Å². The molecule has 3 rings (SSSR count). The number of rotatable bonds is 5. The highest BCUT2D eigenvalue weighted by Crippen LogP contribution is 2.21. The van der Waals surface area contributed by atoms with Crippen LogP contribution in [0.5, 0.6) is 0 Å². The Labute approximate surface area is 156 Å². The van der Waals surface area contributed by atoms with E-state index in [4.69, 9.17) is 4.74 Å². The lowest BCUT2D eigenvalue weighted by atomic mass is 10.1. The molecule has 0 aliphatic heterocycles. The van der Waals surface area contributed by atoms with Crippen LogP contribution in [-0.4, -0.2) is 23.5 Å². The number of para-hydroxylation sites is 1. The number of amides is 1. The molecule has 2 N–H and O–H groups in total. The second-order valence-electron chi connectivity index (χ2n) is 6.19. The van der Waals surface area contributed by atoms with Gasteiger partial charge in [-0.15, -0.1) is 0 Å². The number of ether oxygens (including phenoxy) is 1. The van der Waals surface area contributed by atoms with Gasteiger partial charge in [0.15, 0.2) is 6.61 Å². The number of aryl methyl sites for hydroxylation is 2. The van der Waals surface area contributed by atoms with Gasteiger partial charge in [-0.2, -0.15) is 0 Å². The molecule has 1 aromatic heterocycles. The number of carbonyl (C=O) groups is 2. The quantitative estimate of drug-likeness (QED) is 0.681. The van der Waals surface area contributed by atoms with Gasteiger partial charge in [0.05, 0.1) is 0 Å². The van der Waals surface area contributed by atoms with Gasteiger partial charge < -0.3 is 15.0 Å². The van der Waals surface area contributed by atoms with E-state index < -0.39 is 18.5 Å². The number of esters is 1. The van der Waals surface area contributed by atoms with Crippen molar-refractivity contribution in [3.8, 4) is 0 Å². The third-order valence-corrected chi connectivity index (χ3v) is 4.31. The van der Waals surface area contributed by atoms with E-state index in [1.54, 1.807) is 24.3 Å². The molecule has 0 spiro atoms. The van der Waals surface area contributed by atoms with Crippen molar-refractivity contribution in [2.45, 2.75) is 20.3 Å². The first-order chi connectivity index (χ1) is 13.0. The summed E-state index contributed by atoms with van der Waals surface area (Å²) in [7, 11) is 0. The van der Waals surface area contributed by atoms with Crippen molar-refractivity contribution in [1.82, 2.24) is 4.98 Å². The number of H-pyrrole nitrogens is 1. The maximum absolute atomic E-state index is 12.2. The zero-order valence-corrected chi connectivity index (χ0v) is 15.2. The summed E-state index contributed by atoms with van der Waals surface area (Å²) in [6.07, 6.45) is 0.773. The fraction of sp³-hybridized carbons (Fsp3) is 0.190. The number of pyridine rings is 1. The minimum Gasteiger partial charge on any atom is -0.451 e. The molecule has 6 heteroatoms. The monoisotopic (exact) mass is 364 g/mol. The van der Waals surface area contributed by atoms with E-state index in [-0.39, 0.29) is 11.3 Å². The van der Waals surface area contributed by atoms with Crippen LogP contribution in [0, 0.1) is 6.92 Å². The van der Waals surface area contributed by atoms with E-state index in [1.807, 2.05) is 32.0 Å². The number of aromatic nitrogens is 1. The summed E-state index contributed by atoms with van der Waals surface area (Å²) in [5.74, 6) is -1.19. The molecule has 0 atom stereocenters. The standard InChI is InChI=1S/C21H20N2O4/c1-3-14-9-6-7-13(2)19(14)23-18(24)12-27-21(26)17-11-15-8-4-5-10-16(15)20(25)22-17/h4-11H,3,12H2,1-2H3,(H,22,25)(H,23,24). The summed E-state index contributed by atoms with van der Waals surface area (Å²) in [6, 6.07) is 14.2. The Morgan fingerprint density at radius 1 is 1.11 bits per heavy atom. The summed E-state index contributed by atoms with van der Waals surface area (Å²) in [5, 5.41) is 3.90. The van der Waals surface area contributed by atoms with E-state index in [2.05, 4.69) is 10.3 Å². The van der Waals surface area contributed by atoms with Crippen molar-refractivity contribution in [3.63, 3.8) is 0 Å². The molecule has 27 heavy (non-hydrogen) atoms. The van der Waals surface area contributed by atoms with Crippen LogP contribution in [-0.2, 0) is 16.0 Å². The first-order valence-electron chi connectivity index (χ1n) is 8.67. The molecule has 0 fully saturated rings. The topological polar surface area (TPSA) is 88.3 Å². The zero-order valence-electron chi connectivity index (χ0n) is 15.2. The zero-order chi connectivity index (χ0) is 19.4. The molecule has 1 amide bonds. The van der Waals surface area contributed by atoms with Gasteiger partial charge in [-0.3, -0.25) is 9.59 Å². The average Bonchev–Trinajstić information content (AvgIpc) is 2.67. The minimum absolute atomic E-state index is 0.0108. The summed E-state index contributed by atoms with van der Waals surface area (Å²) in [6.45, 7) is 3.46. The first-order valence-corrected chi connectivity index (χ1v) is 8.67. The lowest BCUT2D eigenvalue weighted by molar-refractivity contribution is -0.119. The molecular formula is C21H20N2O4. The highest BCUT2D eigenvalue weighted by Gasteiger charge is 2.14. The van der Waals surface area contributed by atoms with Gasteiger partial charge in [-0.1, -0.05) is 43.3 Å². The molecule has 2 aromatic carbocycles. The summed E-state index contributed by atoms with van der Waals surface area (Å²) in [4.78, 5) is 38.9. The second kappa shape index (κ2) is 7.86. The van der Waals surface area contributed by atoms with Gasteiger partial charge in [0.1, 0.15) is 5.69 Å². The molecule has 0 radical (unpaired) electrons. The van der Waals surface area contributed by atoms with Crippen molar-refractivity contribution >= 4 is 28.3 Å². The molecule has 0 aliphatic rings. The van der Waals surface area contributed by atoms with Gasteiger partial charge in [-0.25, -0.2) is 4.79 Å². The number of hydrogen-bond acceptors (Lipinski definition) is 4. The molecule has 0 saturated heterocycles. The largest absolute Gasteiger partial charge is 0.451 e. The molecule has 6 nitrogen and oxygen atoms in total. The predicted octanol–water partition coefficient (Wildman–Crippen LogP) is 3.19. The number of carbonyl (C=O) groups excluding carboxylic acids is 2. The minimum atomic E-state index is -0.756. The number of hydrogen-bond donors (Lipinski definition) is 2. The fourth-order valence-electron chi connectivity index (χ4n) is 2.91. The van der Waals surface area contributed by atoms with E-state index >= 15 is 0 Å². The maximum Gasteiger partial charge on any atom is 0.355 e. The Hall–Kier alpha value is -3.41. The van der Waals surface area contributed by atoms with Crippen molar-refractivity contribution in [1.29, 1.82) is 0 Å². The predicted molar refractivity (Wildman–Crippen MR) is 104 cm³/mol. The average molecular weight is 364 g/mol. The van der Waals surface area contributed by atoms with Gasteiger partial charge in [-0.05, 0) is 42.0 Å². The molecule has 1 heterocycles. The second-order valence-corrected chi connectivity index (χ2v) is 6.19. The third kappa shape index (κ3) is 4.06. The molecular weight excluding hydrogens is 344 g/mol. The van der Waals surface area contributed by atoms with E-state index in [9.17, 15) is 14.4 Å². The Balaban J connectivity index is 1.69. The lowest BCUT2D eigenvalue weighted by Gasteiger charge is -2.13. The molecule has 0 aliphatic carbocycles. The summed E-state index contributed by atoms with van der Waals surface area (Å²) < 4.78 is 5.06. The van der Waals surface area contributed by atoms with Crippen LogP contribution in [0.4, 0.5) is 5.69 Å². The molecule has 0 unspecified atom stereocenters. The van der Waals surface area contributed by atoms with Gasteiger partial charge in [0, 0.05) is 11.1 Å². The van der Waals surface area contributed by atoms with Crippen LogP contribution in [0.1, 0.15) is 28.5 Å². The van der Waals surface area contributed by atoms with Gasteiger partial charge in [0.25, 0.3) is 11.5 Å². The smallest absolute Gasteiger partial charge is 0.355 e. The van der Waals surface area contributed by atoms with Crippen molar-refractivity contribution in [2.24, 2.45) is 0 Å². The van der Waals surface area contributed by atoms with Crippen LogP contribution in [0.25, 0.3) is 10.8 Å². The number of benzene rings is 2. The van der Waals surface area contributed by atoms with Crippen LogP contribution in [0.15, 0.2) is 53.3 Å². The van der Waals surface area contributed by atoms with E-state index in [0.29, 0.717) is 10.8 Å². The van der Waals surface area contributed by atoms with E-state index in [0.717, 1.165) is 23.2 Å². The maximum atomic E-state index is 12.2. The Morgan fingerprint density at radius 3 is 2.67 bits per heavy atom. The number of nitrogens with one attached hydrogen (secondary N) is 2. The van der Waals surface area contributed by atoms with Crippen molar-refractivity contribution in [3.05, 3.63) is 75.7 Å². The number of aromatic amines is 1. The van der Waals surface area contributed by atoms with E-state index in [1.165, 1.54) is 6.07 Å². The number of anilines is 1. The van der Waals surface area contributed by atoms with Crippen LogP contribution in [0.2, 0.25) is 0 Å². The van der Waals surface area contributed by atoms with Crippen molar-refractivity contribution in [2.75, 3.05) is 11.9 Å². The van der Waals surface area contributed by atoms with Crippen LogP contribution < -0.4 is 10.9 Å². The lowest BCUT2D eigenvalue weighted by Crippen LogP contribution is -2.23. The SMILES string of the molecule is CCc1cccc(C)c1NC(=O)COC(=O)c1cc2ccccc2c(=O)[nH]1. The highest BCUT2D eigenvalue weighted by molar-refractivity contribution is 5.97. The fourth-order valence-corrected chi connectivity index (χ4v) is 2.91. The third-order valence-electron chi connectivity index (χ3n) is 4.31. The van der Waals surface area contributed by atoms with Gasteiger partial charge >= 0.3 is 5.97 Å². The van der Waals surface area contributed by atoms with Crippen LogP contribution >= 0.6 is 0 Å². The highest BCUT2D eigenvalue weighted by atomic mass is 16.5. The summed E-state index contributed by atoms with van der Waals surface area (Å²) in [5.41, 5.74) is 2.32. The molecule has 0 bridgehead atoms. The molecule has 138 valence electrons. The first kappa shape index (κ1) is 18.4. The van der Waals surface area contributed by atoms with Gasteiger partial charge in [0.2, 0.25) is 0 Å². The Bertz CT molecular complexity index is 1070. The normalized spacial score (nSPS) is 10.6. The molecule has 0 saturated carbocycles. The Morgan fingerprint density at radius 2 is 1.89 bits per heavy atom. The van der Waals surface area contributed by atoms with Crippen molar-refractivity contribution < 1.29 is 14.3 Å². The number of fused-ring (bicyclic) bond motifs is 1. The molecule has 3 aromatic rings.